The van der Waals surface area contributed by atoms with Gasteiger partial charge in [-0.05, 0) is 29.8 Å². The molecule has 0 saturated carbocycles. The first-order valence-corrected chi connectivity index (χ1v) is 7.42. The van der Waals surface area contributed by atoms with Crippen molar-refractivity contribution in [2.24, 2.45) is 0 Å². The van der Waals surface area contributed by atoms with E-state index in [0.29, 0.717) is 12.1 Å². The second-order valence-electron chi connectivity index (χ2n) is 5.19. The number of aromatic nitrogens is 2. The molecule has 0 atom stereocenters. The number of rotatable bonds is 5. The van der Waals surface area contributed by atoms with E-state index in [1.165, 1.54) is 0 Å². The largest absolute Gasteiger partial charge is 0.395 e. The van der Waals surface area contributed by atoms with Crippen LogP contribution in [0, 0.1) is 0 Å². The van der Waals surface area contributed by atoms with Gasteiger partial charge in [0.2, 0.25) is 0 Å². The molecule has 2 heterocycles. The molecule has 5 heteroatoms. The number of aliphatic hydroxyl groups excluding tert-OH is 1. The van der Waals surface area contributed by atoms with Gasteiger partial charge in [-0.3, -0.25) is 14.8 Å². The van der Waals surface area contributed by atoms with Crippen LogP contribution in [0.2, 0.25) is 0 Å². The molecule has 0 unspecified atom stereocenters. The minimum absolute atomic E-state index is 0.0883. The first-order chi connectivity index (χ1) is 11.3. The minimum Gasteiger partial charge on any atom is -0.395 e. The Labute approximate surface area is 134 Å². The molecule has 3 rings (SSSR count). The Hall–Kier alpha value is -2.79. The zero-order valence-corrected chi connectivity index (χ0v) is 12.6. The van der Waals surface area contributed by atoms with Crippen molar-refractivity contribution in [2.45, 2.75) is 6.54 Å². The van der Waals surface area contributed by atoms with Gasteiger partial charge in [-0.25, -0.2) is 0 Å². The van der Waals surface area contributed by atoms with Crippen molar-refractivity contribution in [1.29, 1.82) is 0 Å². The van der Waals surface area contributed by atoms with Gasteiger partial charge in [0.05, 0.1) is 12.1 Å². The third-order valence-corrected chi connectivity index (χ3v) is 3.63. The van der Waals surface area contributed by atoms with Crippen molar-refractivity contribution in [3.05, 3.63) is 72.2 Å². The SMILES string of the molecule is O=C(c1cccc2ncccc12)N(CCO)Cc1cccnc1. The monoisotopic (exact) mass is 307 g/mol. The Morgan fingerprint density at radius 2 is 1.96 bits per heavy atom. The number of hydrogen-bond acceptors (Lipinski definition) is 4. The summed E-state index contributed by atoms with van der Waals surface area (Å²) < 4.78 is 0. The molecule has 0 aliphatic rings. The highest BCUT2D eigenvalue weighted by Gasteiger charge is 2.18. The molecule has 0 spiro atoms. The highest BCUT2D eigenvalue weighted by Crippen LogP contribution is 2.19. The number of nitrogens with zero attached hydrogens (tertiary/aromatic N) is 3. The van der Waals surface area contributed by atoms with Crippen LogP contribution < -0.4 is 0 Å². The van der Waals surface area contributed by atoms with Crippen LogP contribution in [0.4, 0.5) is 0 Å². The van der Waals surface area contributed by atoms with Crippen LogP contribution in [-0.4, -0.2) is 39.0 Å². The maximum Gasteiger partial charge on any atom is 0.254 e. The first-order valence-electron chi connectivity index (χ1n) is 7.42. The van der Waals surface area contributed by atoms with E-state index in [1.54, 1.807) is 29.6 Å². The van der Waals surface area contributed by atoms with Gasteiger partial charge in [0.1, 0.15) is 0 Å². The third-order valence-electron chi connectivity index (χ3n) is 3.63. The van der Waals surface area contributed by atoms with Crippen LogP contribution in [0.25, 0.3) is 10.9 Å². The van der Waals surface area contributed by atoms with Crippen LogP contribution in [0.3, 0.4) is 0 Å². The van der Waals surface area contributed by atoms with Gasteiger partial charge in [0, 0.05) is 42.6 Å². The minimum atomic E-state index is -0.124. The number of benzene rings is 1. The molecule has 0 radical (unpaired) electrons. The third kappa shape index (κ3) is 3.35. The van der Waals surface area contributed by atoms with Crippen LogP contribution in [0.1, 0.15) is 15.9 Å². The van der Waals surface area contributed by atoms with Gasteiger partial charge in [-0.15, -0.1) is 0 Å². The Balaban J connectivity index is 1.94. The summed E-state index contributed by atoms with van der Waals surface area (Å²) in [6.45, 7) is 0.587. The standard InChI is InChI=1S/C18H17N3O2/c22-11-10-21(13-14-4-2-8-19-12-14)18(23)16-5-1-7-17-15(16)6-3-9-20-17/h1-9,12,22H,10-11,13H2. The second-order valence-corrected chi connectivity index (χ2v) is 5.19. The van der Waals surface area contributed by atoms with Crippen LogP contribution in [-0.2, 0) is 6.54 Å². The number of pyridine rings is 2. The van der Waals surface area contributed by atoms with Crippen molar-refractivity contribution in [3.63, 3.8) is 0 Å². The molecule has 3 aromatic rings. The summed E-state index contributed by atoms with van der Waals surface area (Å²) >= 11 is 0. The highest BCUT2D eigenvalue weighted by atomic mass is 16.3. The van der Waals surface area contributed by atoms with E-state index in [1.807, 2.05) is 36.4 Å². The Kier molecular flexibility index (Phi) is 4.59. The van der Waals surface area contributed by atoms with E-state index < -0.39 is 0 Å². The number of carbonyl (C=O) groups is 1. The lowest BCUT2D eigenvalue weighted by Gasteiger charge is -2.22. The average molecular weight is 307 g/mol. The number of aliphatic hydroxyl groups is 1. The molecule has 1 N–H and O–H groups in total. The molecule has 0 aliphatic heterocycles. The van der Waals surface area contributed by atoms with Gasteiger partial charge in [0.25, 0.3) is 5.91 Å². The van der Waals surface area contributed by atoms with E-state index in [0.717, 1.165) is 16.5 Å². The molecule has 0 aliphatic carbocycles. The molecular formula is C18H17N3O2. The predicted octanol–water partition coefficient (Wildman–Crippen LogP) is 2.26. The molecular weight excluding hydrogens is 290 g/mol. The first kappa shape index (κ1) is 15.1. The molecule has 2 aromatic heterocycles. The Morgan fingerprint density at radius 1 is 1.09 bits per heavy atom. The van der Waals surface area contributed by atoms with E-state index in [9.17, 15) is 9.90 Å². The lowest BCUT2D eigenvalue weighted by atomic mass is 10.1. The molecule has 5 nitrogen and oxygen atoms in total. The van der Waals surface area contributed by atoms with Gasteiger partial charge in [0.15, 0.2) is 0 Å². The molecule has 0 saturated heterocycles. The lowest BCUT2D eigenvalue weighted by molar-refractivity contribution is 0.0709. The number of fused-ring (bicyclic) bond motifs is 1. The summed E-state index contributed by atoms with van der Waals surface area (Å²) in [6, 6.07) is 12.9. The summed E-state index contributed by atoms with van der Waals surface area (Å²) in [6.07, 6.45) is 5.12. The summed E-state index contributed by atoms with van der Waals surface area (Å²) in [5.74, 6) is -0.124. The number of carbonyl (C=O) groups excluding carboxylic acids is 1. The second kappa shape index (κ2) is 6.98. The normalized spacial score (nSPS) is 10.7. The number of hydrogen-bond donors (Lipinski definition) is 1. The maximum atomic E-state index is 12.9. The fourth-order valence-corrected chi connectivity index (χ4v) is 2.55. The summed E-state index contributed by atoms with van der Waals surface area (Å²) in [5, 5.41) is 10.1. The molecule has 23 heavy (non-hydrogen) atoms. The van der Waals surface area contributed by atoms with Gasteiger partial charge < -0.3 is 10.0 Å². The molecule has 116 valence electrons. The smallest absolute Gasteiger partial charge is 0.254 e. The lowest BCUT2D eigenvalue weighted by Crippen LogP contribution is -2.33. The fraction of sp³-hybridized carbons (Fsp3) is 0.167. The average Bonchev–Trinajstić information content (AvgIpc) is 2.61. The Morgan fingerprint density at radius 3 is 2.74 bits per heavy atom. The summed E-state index contributed by atoms with van der Waals surface area (Å²) in [7, 11) is 0. The summed E-state index contributed by atoms with van der Waals surface area (Å²) in [4.78, 5) is 22.9. The quantitative estimate of drug-likeness (QED) is 0.785. The molecule has 1 amide bonds. The molecule has 1 aromatic carbocycles. The van der Waals surface area contributed by atoms with Crippen LogP contribution >= 0.6 is 0 Å². The van der Waals surface area contributed by atoms with Gasteiger partial charge in [-0.1, -0.05) is 18.2 Å². The van der Waals surface area contributed by atoms with Crippen molar-refractivity contribution in [2.75, 3.05) is 13.2 Å². The van der Waals surface area contributed by atoms with E-state index in [-0.39, 0.29) is 19.1 Å². The zero-order chi connectivity index (χ0) is 16.1. The highest BCUT2D eigenvalue weighted by molar-refractivity contribution is 6.06. The molecule has 0 fully saturated rings. The predicted molar refractivity (Wildman–Crippen MR) is 87.8 cm³/mol. The van der Waals surface area contributed by atoms with Crippen LogP contribution in [0.5, 0.6) is 0 Å². The van der Waals surface area contributed by atoms with Crippen molar-refractivity contribution in [3.8, 4) is 0 Å². The van der Waals surface area contributed by atoms with Gasteiger partial charge >= 0.3 is 0 Å². The molecule has 0 bridgehead atoms. The van der Waals surface area contributed by atoms with E-state index in [4.69, 9.17) is 0 Å². The maximum absolute atomic E-state index is 12.9. The summed E-state index contributed by atoms with van der Waals surface area (Å²) in [5.41, 5.74) is 2.30. The van der Waals surface area contributed by atoms with E-state index in [2.05, 4.69) is 9.97 Å². The van der Waals surface area contributed by atoms with Crippen LogP contribution in [0.15, 0.2) is 61.1 Å². The number of amides is 1. The van der Waals surface area contributed by atoms with Crippen molar-refractivity contribution in [1.82, 2.24) is 14.9 Å². The fourth-order valence-electron chi connectivity index (χ4n) is 2.55. The van der Waals surface area contributed by atoms with Gasteiger partial charge in [-0.2, -0.15) is 0 Å². The van der Waals surface area contributed by atoms with Crippen molar-refractivity contribution >= 4 is 16.8 Å². The van der Waals surface area contributed by atoms with Crippen molar-refractivity contribution < 1.29 is 9.90 Å². The van der Waals surface area contributed by atoms with E-state index >= 15 is 0 Å². The zero-order valence-electron chi connectivity index (χ0n) is 12.6. The topological polar surface area (TPSA) is 66.3 Å². The Bertz CT molecular complexity index is 800.